The number of carbonyl (C=O) groups is 3. The second kappa shape index (κ2) is 18.1. The third kappa shape index (κ3) is 9.24. The lowest BCUT2D eigenvalue weighted by Crippen LogP contribution is -2.35. The number of rotatable bonds is 18. The Balaban J connectivity index is 1.08. The zero-order valence-corrected chi connectivity index (χ0v) is 32.9. The van der Waals surface area contributed by atoms with Crippen molar-refractivity contribution in [2.45, 2.75) is 57.4 Å². The number of carboxylic acid groups (broad SMARTS) is 1. The van der Waals surface area contributed by atoms with Crippen molar-refractivity contribution in [1.82, 2.24) is 9.80 Å². The van der Waals surface area contributed by atoms with Crippen LogP contribution in [0.3, 0.4) is 0 Å². The fourth-order valence-electron chi connectivity index (χ4n) is 7.54. The van der Waals surface area contributed by atoms with Crippen LogP contribution >= 0.6 is 0 Å². The van der Waals surface area contributed by atoms with Crippen molar-refractivity contribution in [3.8, 4) is 23.0 Å². The first-order valence-corrected chi connectivity index (χ1v) is 19.3. The highest BCUT2D eigenvalue weighted by Gasteiger charge is 2.35. The number of carbonyl (C=O) groups excluding carboxylic acids is 2. The summed E-state index contributed by atoms with van der Waals surface area (Å²) >= 11 is 0. The molecule has 14 heteroatoms. The average Bonchev–Trinajstić information content (AvgIpc) is 3.72. The van der Waals surface area contributed by atoms with E-state index in [1.165, 1.54) is 14.2 Å². The minimum Gasteiger partial charge on any atom is -0.493 e. The maximum absolute atomic E-state index is 13.5. The molecule has 0 aliphatic carbocycles. The van der Waals surface area contributed by atoms with E-state index in [1.807, 2.05) is 6.07 Å². The summed E-state index contributed by atoms with van der Waals surface area (Å²) in [6.45, 7) is 10.8. The molecule has 0 saturated carbocycles. The van der Waals surface area contributed by atoms with Gasteiger partial charge in [0.15, 0.2) is 23.0 Å². The van der Waals surface area contributed by atoms with Gasteiger partial charge in [0.2, 0.25) is 0 Å². The molecule has 2 fully saturated rings. The number of aliphatic imine (C=N–C) groups is 2. The Morgan fingerprint density at radius 3 is 1.66 bits per heavy atom. The summed E-state index contributed by atoms with van der Waals surface area (Å²) in [5.74, 6) is 0.606. The minimum atomic E-state index is -0.899. The number of aryl methyl sites for hydroxylation is 1. The smallest absolute Gasteiger partial charge is 0.305 e. The van der Waals surface area contributed by atoms with Crippen molar-refractivity contribution in [3.05, 3.63) is 94.6 Å². The Kier molecular flexibility index (Phi) is 12.5. The Hall–Kier alpha value is -5.99. The molecular formula is C44H48N4O10. The topological polar surface area (TPSA) is 158 Å². The van der Waals surface area contributed by atoms with Gasteiger partial charge in [-0.15, -0.1) is 0 Å². The summed E-state index contributed by atoms with van der Waals surface area (Å²) < 4.78 is 35.2. The molecule has 2 amide bonds. The Morgan fingerprint density at radius 2 is 1.17 bits per heavy atom. The minimum absolute atomic E-state index is 0.0439. The third-order valence-electron chi connectivity index (χ3n) is 10.4. The van der Waals surface area contributed by atoms with E-state index in [0.717, 1.165) is 34.3 Å². The van der Waals surface area contributed by atoms with E-state index in [1.54, 1.807) is 46.5 Å². The van der Waals surface area contributed by atoms with Crippen LogP contribution in [0.25, 0.3) is 0 Å². The van der Waals surface area contributed by atoms with Gasteiger partial charge in [-0.1, -0.05) is 36.4 Å². The number of carboxylic acids is 1. The molecule has 0 unspecified atom stereocenters. The van der Waals surface area contributed by atoms with Gasteiger partial charge in [0.1, 0.15) is 13.2 Å². The number of ether oxygens (including phenoxy) is 6. The summed E-state index contributed by atoms with van der Waals surface area (Å²) in [5.41, 5.74) is 6.72. The molecule has 3 aromatic rings. The summed E-state index contributed by atoms with van der Waals surface area (Å²) in [6, 6.07) is 12.7. The van der Waals surface area contributed by atoms with E-state index >= 15 is 0 Å². The van der Waals surface area contributed by atoms with E-state index < -0.39 is 5.97 Å². The summed E-state index contributed by atoms with van der Waals surface area (Å²) in [4.78, 5) is 50.6. The van der Waals surface area contributed by atoms with Crippen LogP contribution in [0.1, 0.15) is 63.1 Å². The molecule has 4 heterocycles. The molecule has 0 radical (unpaired) electrons. The largest absolute Gasteiger partial charge is 0.493 e. The van der Waals surface area contributed by atoms with Crippen LogP contribution in [0.15, 0.2) is 76.8 Å². The van der Waals surface area contributed by atoms with Gasteiger partial charge in [-0.2, -0.15) is 0 Å². The van der Waals surface area contributed by atoms with E-state index in [2.05, 4.69) is 35.3 Å². The summed E-state index contributed by atoms with van der Waals surface area (Å²) in [6.07, 6.45) is 6.35. The first-order chi connectivity index (χ1) is 28.1. The highest BCUT2D eigenvalue weighted by atomic mass is 16.5. The van der Waals surface area contributed by atoms with Crippen LogP contribution in [0.5, 0.6) is 23.0 Å². The van der Waals surface area contributed by atoms with Crippen molar-refractivity contribution in [2.24, 2.45) is 9.98 Å². The van der Waals surface area contributed by atoms with E-state index in [-0.39, 0.29) is 50.1 Å². The first-order valence-electron chi connectivity index (χ1n) is 19.3. The molecule has 1 N–H and O–H groups in total. The Bertz CT molecular complexity index is 2030. The van der Waals surface area contributed by atoms with Crippen molar-refractivity contribution in [1.29, 1.82) is 0 Å². The van der Waals surface area contributed by atoms with Crippen molar-refractivity contribution in [2.75, 3.05) is 53.7 Å². The van der Waals surface area contributed by atoms with Crippen LogP contribution in [-0.4, -0.2) is 111 Å². The monoisotopic (exact) mass is 792 g/mol. The number of hydrogen-bond acceptors (Lipinski definition) is 11. The lowest BCUT2D eigenvalue weighted by atomic mass is 10.0. The zero-order chi connectivity index (χ0) is 40.8. The highest BCUT2D eigenvalue weighted by Crippen LogP contribution is 2.40. The SMILES string of the molecule is C=C1C[C@H]2C=Nc3cc(OCc4cc(CCCOCCOCCC(=O)O)cc(COc5cc6c(cc5OC)C(=O)N5CC(=C)C[C@H]5C=N6)c4)c(OC)cc3C(=O)N2C1. The Morgan fingerprint density at radius 1 is 0.690 bits per heavy atom. The van der Waals surface area contributed by atoms with Gasteiger partial charge in [-0.25, -0.2) is 0 Å². The molecule has 2 saturated heterocycles. The number of fused-ring (bicyclic) bond motifs is 4. The molecule has 3 aromatic carbocycles. The number of methoxy groups -OCH3 is 2. The molecule has 7 rings (SSSR count). The molecular weight excluding hydrogens is 745 g/mol. The number of aliphatic carboxylic acids is 1. The molecule has 4 aliphatic heterocycles. The van der Waals surface area contributed by atoms with Gasteiger partial charge >= 0.3 is 5.97 Å². The van der Waals surface area contributed by atoms with Crippen LogP contribution in [0.2, 0.25) is 0 Å². The van der Waals surface area contributed by atoms with Crippen molar-refractivity contribution < 1.29 is 47.9 Å². The fourth-order valence-corrected chi connectivity index (χ4v) is 7.54. The number of nitrogens with zero attached hydrogens (tertiary/aromatic N) is 4. The normalized spacial score (nSPS) is 18.0. The van der Waals surface area contributed by atoms with E-state index in [0.29, 0.717) is 97.7 Å². The molecule has 304 valence electrons. The van der Waals surface area contributed by atoms with Gasteiger partial charge in [0.25, 0.3) is 11.8 Å². The van der Waals surface area contributed by atoms with Crippen LogP contribution in [0, 0.1) is 0 Å². The second-order valence-electron chi connectivity index (χ2n) is 14.7. The third-order valence-corrected chi connectivity index (χ3v) is 10.4. The standard InChI is InChI=1S/C44H48N4O10/c1-27-12-32-21-45-36-19-40(38(53-3)17-34(36)43(51)47(32)23-27)57-25-30-14-29(6-5-8-55-10-11-56-9-7-42(49)50)15-31(16-30)26-58-41-20-37-35(18-39(41)54-4)44(52)48-24-28(2)13-33(48)22-46-37/h14-22,32-33H,1-2,5-13,23-26H2,3-4H3,(H,49,50)/t32-,33-/m0/s1. The van der Waals surface area contributed by atoms with Gasteiger partial charge in [0, 0.05) is 44.3 Å². The van der Waals surface area contributed by atoms with E-state index in [4.69, 9.17) is 33.5 Å². The highest BCUT2D eigenvalue weighted by molar-refractivity contribution is 6.04. The molecule has 0 aromatic heterocycles. The molecule has 4 aliphatic rings. The predicted octanol–water partition coefficient (Wildman–Crippen LogP) is 6.28. The average molecular weight is 793 g/mol. The van der Waals surface area contributed by atoms with Gasteiger partial charge in [-0.3, -0.25) is 24.4 Å². The molecule has 0 bridgehead atoms. The Labute approximate surface area is 337 Å². The molecule has 58 heavy (non-hydrogen) atoms. The maximum atomic E-state index is 13.5. The van der Waals surface area contributed by atoms with E-state index in [9.17, 15) is 14.4 Å². The van der Waals surface area contributed by atoms with Gasteiger partial charge in [-0.05, 0) is 60.6 Å². The molecule has 0 spiro atoms. The first kappa shape index (κ1) is 40.2. The molecule has 2 atom stereocenters. The predicted molar refractivity (Wildman–Crippen MR) is 217 cm³/mol. The van der Waals surface area contributed by atoms with Crippen LogP contribution in [-0.2, 0) is 33.9 Å². The fraction of sp³-hybridized carbons (Fsp3) is 0.386. The summed E-state index contributed by atoms with van der Waals surface area (Å²) in [5, 5.41) is 8.77. The zero-order valence-electron chi connectivity index (χ0n) is 32.9. The number of benzene rings is 3. The lowest BCUT2D eigenvalue weighted by Gasteiger charge is -2.20. The number of amides is 2. The van der Waals surface area contributed by atoms with Crippen LogP contribution in [0.4, 0.5) is 11.4 Å². The summed E-state index contributed by atoms with van der Waals surface area (Å²) in [7, 11) is 3.08. The lowest BCUT2D eigenvalue weighted by molar-refractivity contribution is -0.138. The molecule has 14 nitrogen and oxygen atoms in total. The van der Waals surface area contributed by atoms with Crippen molar-refractivity contribution in [3.63, 3.8) is 0 Å². The van der Waals surface area contributed by atoms with Gasteiger partial charge < -0.3 is 43.3 Å². The number of hydrogen-bond donors (Lipinski definition) is 1. The van der Waals surface area contributed by atoms with Crippen molar-refractivity contribution >= 4 is 41.6 Å². The van der Waals surface area contributed by atoms with Crippen LogP contribution < -0.4 is 18.9 Å². The van der Waals surface area contributed by atoms with Gasteiger partial charge in [0.05, 0.1) is 75.0 Å². The second-order valence-corrected chi connectivity index (χ2v) is 14.7. The quantitative estimate of drug-likeness (QED) is 0.115. The maximum Gasteiger partial charge on any atom is 0.305 e.